The smallest absolute Gasteiger partial charge is 0.0851 e. The third-order valence-corrected chi connectivity index (χ3v) is 4.97. The van der Waals surface area contributed by atoms with Gasteiger partial charge in [0.2, 0.25) is 0 Å². The molecule has 2 atom stereocenters. The van der Waals surface area contributed by atoms with Gasteiger partial charge in [0, 0.05) is 20.3 Å². The van der Waals surface area contributed by atoms with Crippen LogP contribution in [0.15, 0.2) is 0 Å². The maximum atomic E-state index is 6.23. The number of hydrazine groups is 1. The number of methoxy groups -OCH3 is 1. The summed E-state index contributed by atoms with van der Waals surface area (Å²) in [4.78, 5) is 0. The van der Waals surface area contributed by atoms with Crippen LogP contribution < -0.4 is 11.3 Å². The van der Waals surface area contributed by atoms with Gasteiger partial charge in [-0.15, -0.1) is 0 Å². The lowest BCUT2D eigenvalue weighted by Crippen LogP contribution is -2.60. The van der Waals surface area contributed by atoms with Crippen LogP contribution in [0.3, 0.4) is 0 Å². The highest BCUT2D eigenvalue weighted by Crippen LogP contribution is 2.45. The van der Waals surface area contributed by atoms with Gasteiger partial charge in [-0.1, -0.05) is 20.8 Å². The van der Waals surface area contributed by atoms with Crippen LogP contribution in [0.5, 0.6) is 0 Å². The van der Waals surface area contributed by atoms with E-state index in [1.807, 2.05) is 0 Å². The van der Waals surface area contributed by atoms with Gasteiger partial charge < -0.3 is 9.47 Å². The fraction of sp³-hybridized carbons (Fsp3) is 1.00. The van der Waals surface area contributed by atoms with E-state index < -0.39 is 0 Å². The molecular weight excluding hydrogens is 252 g/mol. The van der Waals surface area contributed by atoms with Crippen LogP contribution in [0.4, 0.5) is 0 Å². The van der Waals surface area contributed by atoms with E-state index in [9.17, 15) is 0 Å². The summed E-state index contributed by atoms with van der Waals surface area (Å²) in [5.41, 5.74) is 3.36. The number of hydrogen-bond donors (Lipinski definition) is 2. The van der Waals surface area contributed by atoms with Crippen LogP contribution in [0.1, 0.15) is 59.8 Å². The Balaban J connectivity index is 2.81. The Morgan fingerprint density at radius 1 is 1.20 bits per heavy atom. The summed E-state index contributed by atoms with van der Waals surface area (Å²) in [6.45, 7) is 10.5. The fourth-order valence-corrected chi connectivity index (χ4v) is 3.49. The molecular formula is C16H34N2O2. The molecule has 120 valence electrons. The molecule has 0 aromatic heterocycles. The summed E-state index contributed by atoms with van der Waals surface area (Å²) in [5.74, 6) is 6.33. The standard InChI is InChI=1S/C16H34N2O2/c1-6-20-16(10-8-15(3,4)9-11-16)14(18-17)13(2)7-12-19-5/h13-14,18H,6-12,17H2,1-5H3. The van der Waals surface area contributed by atoms with Crippen LogP contribution in [-0.4, -0.2) is 32.0 Å². The predicted octanol–water partition coefficient (Wildman–Crippen LogP) is 2.87. The maximum Gasteiger partial charge on any atom is 0.0851 e. The summed E-state index contributed by atoms with van der Waals surface area (Å²) >= 11 is 0. The van der Waals surface area contributed by atoms with Crippen LogP contribution in [0.25, 0.3) is 0 Å². The average Bonchev–Trinajstić information content (AvgIpc) is 2.41. The first-order valence-electron chi connectivity index (χ1n) is 8.00. The van der Waals surface area contributed by atoms with E-state index in [0.717, 1.165) is 32.5 Å². The average molecular weight is 286 g/mol. The summed E-state index contributed by atoms with van der Waals surface area (Å²) in [6, 6.07) is 0.189. The van der Waals surface area contributed by atoms with Gasteiger partial charge in [-0.05, 0) is 50.4 Å². The third kappa shape index (κ3) is 4.42. The first-order chi connectivity index (χ1) is 9.40. The minimum Gasteiger partial charge on any atom is -0.385 e. The predicted molar refractivity (Wildman–Crippen MR) is 83.4 cm³/mol. The first kappa shape index (κ1) is 17.9. The highest BCUT2D eigenvalue weighted by atomic mass is 16.5. The van der Waals surface area contributed by atoms with Crippen molar-refractivity contribution in [2.24, 2.45) is 17.2 Å². The van der Waals surface area contributed by atoms with Gasteiger partial charge in [-0.2, -0.15) is 0 Å². The highest BCUT2D eigenvalue weighted by molar-refractivity contribution is 5.00. The van der Waals surface area contributed by atoms with Gasteiger partial charge in [-0.25, -0.2) is 0 Å². The van der Waals surface area contributed by atoms with Gasteiger partial charge in [0.25, 0.3) is 0 Å². The number of rotatable bonds is 8. The van der Waals surface area contributed by atoms with Crippen molar-refractivity contribution in [2.75, 3.05) is 20.3 Å². The van der Waals surface area contributed by atoms with Crippen LogP contribution in [0.2, 0.25) is 0 Å². The molecule has 4 nitrogen and oxygen atoms in total. The lowest BCUT2D eigenvalue weighted by molar-refractivity contribution is -0.118. The molecule has 20 heavy (non-hydrogen) atoms. The quantitative estimate of drug-likeness (QED) is 0.532. The largest absolute Gasteiger partial charge is 0.385 e. The Labute approximate surface area is 124 Å². The summed E-state index contributed by atoms with van der Waals surface area (Å²) < 4.78 is 11.4. The minimum absolute atomic E-state index is 0.119. The summed E-state index contributed by atoms with van der Waals surface area (Å²) in [5, 5.41) is 0. The zero-order chi connectivity index (χ0) is 15.2. The van der Waals surface area contributed by atoms with Crippen molar-refractivity contribution in [2.45, 2.75) is 71.4 Å². The molecule has 1 aliphatic carbocycles. The molecule has 0 amide bonds. The van der Waals surface area contributed by atoms with Gasteiger partial charge >= 0.3 is 0 Å². The Kier molecular flexibility index (Phi) is 6.92. The monoisotopic (exact) mass is 286 g/mol. The van der Waals surface area contributed by atoms with E-state index in [-0.39, 0.29) is 11.6 Å². The Morgan fingerprint density at radius 2 is 1.80 bits per heavy atom. The zero-order valence-electron chi connectivity index (χ0n) is 14.0. The Bertz CT molecular complexity index is 272. The second-order valence-electron chi connectivity index (χ2n) is 7.07. The molecule has 3 N–H and O–H groups in total. The SMILES string of the molecule is CCOC1(C(NN)C(C)CCOC)CCC(C)(C)CC1. The lowest BCUT2D eigenvalue weighted by atomic mass is 9.66. The molecule has 0 aliphatic heterocycles. The van der Waals surface area contributed by atoms with E-state index in [0.29, 0.717) is 11.3 Å². The summed E-state index contributed by atoms with van der Waals surface area (Å²) in [7, 11) is 1.75. The van der Waals surface area contributed by atoms with E-state index in [2.05, 4.69) is 33.1 Å². The van der Waals surface area contributed by atoms with E-state index in [1.54, 1.807) is 7.11 Å². The van der Waals surface area contributed by atoms with Gasteiger partial charge in [-0.3, -0.25) is 11.3 Å². The fourth-order valence-electron chi connectivity index (χ4n) is 3.49. The Morgan fingerprint density at radius 3 is 2.25 bits per heavy atom. The molecule has 0 aromatic rings. The minimum atomic E-state index is -0.119. The molecule has 4 heteroatoms. The maximum absolute atomic E-state index is 6.23. The highest BCUT2D eigenvalue weighted by Gasteiger charge is 2.46. The third-order valence-electron chi connectivity index (χ3n) is 4.97. The molecule has 1 aliphatic rings. The van der Waals surface area contributed by atoms with Crippen molar-refractivity contribution in [1.82, 2.24) is 5.43 Å². The number of ether oxygens (including phenoxy) is 2. The second-order valence-corrected chi connectivity index (χ2v) is 7.07. The topological polar surface area (TPSA) is 56.5 Å². The normalized spacial score (nSPS) is 24.3. The Hall–Kier alpha value is -0.160. The van der Waals surface area contributed by atoms with Gasteiger partial charge in [0.15, 0.2) is 0 Å². The number of nitrogens with two attached hydrogens (primary N) is 1. The molecule has 1 fully saturated rings. The molecule has 0 heterocycles. The van der Waals surface area contributed by atoms with Crippen molar-refractivity contribution in [3.63, 3.8) is 0 Å². The van der Waals surface area contributed by atoms with Crippen LogP contribution in [0, 0.1) is 11.3 Å². The zero-order valence-corrected chi connectivity index (χ0v) is 14.0. The molecule has 0 radical (unpaired) electrons. The lowest BCUT2D eigenvalue weighted by Gasteiger charge is -2.49. The molecule has 2 unspecified atom stereocenters. The molecule has 0 saturated heterocycles. The molecule has 0 spiro atoms. The van der Waals surface area contributed by atoms with Crippen molar-refractivity contribution < 1.29 is 9.47 Å². The molecule has 0 bridgehead atoms. The van der Waals surface area contributed by atoms with E-state index >= 15 is 0 Å². The molecule has 0 aromatic carbocycles. The van der Waals surface area contributed by atoms with E-state index in [1.165, 1.54) is 12.8 Å². The number of nitrogens with one attached hydrogen (secondary N) is 1. The van der Waals surface area contributed by atoms with Gasteiger partial charge in [0.1, 0.15) is 0 Å². The van der Waals surface area contributed by atoms with E-state index in [4.69, 9.17) is 15.3 Å². The molecule has 1 saturated carbocycles. The first-order valence-corrected chi connectivity index (χ1v) is 8.00. The van der Waals surface area contributed by atoms with Crippen LogP contribution >= 0.6 is 0 Å². The van der Waals surface area contributed by atoms with Crippen molar-refractivity contribution >= 4 is 0 Å². The molecule has 1 rings (SSSR count). The summed E-state index contributed by atoms with van der Waals surface area (Å²) in [6.07, 6.45) is 5.56. The van der Waals surface area contributed by atoms with Crippen molar-refractivity contribution in [3.8, 4) is 0 Å². The second kappa shape index (κ2) is 7.74. The van der Waals surface area contributed by atoms with Crippen LogP contribution in [-0.2, 0) is 9.47 Å². The van der Waals surface area contributed by atoms with Crippen molar-refractivity contribution in [1.29, 1.82) is 0 Å². The number of hydrogen-bond acceptors (Lipinski definition) is 4. The van der Waals surface area contributed by atoms with Crippen molar-refractivity contribution in [3.05, 3.63) is 0 Å². The van der Waals surface area contributed by atoms with Gasteiger partial charge in [0.05, 0.1) is 11.6 Å².